The molecule has 1 N–H and O–H groups in total. The molecule has 2 fully saturated rings. The van der Waals surface area contributed by atoms with Crippen LogP contribution in [0, 0.1) is 17.3 Å². The van der Waals surface area contributed by atoms with Crippen LogP contribution in [0.2, 0.25) is 0 Å². The quantitative estimate of drug-likeness (QED) is 0.747. The fourth-order valence-electron chi connectivity index (χ4n) is 4.10. The summed E-state index contributed by atoms with van der Waals surface area (Å²) in [5.74, 6) is 2.97. The van der Waals surface area contributed by atoms with Gasteiger partial charge < -0.3 is 14.8 Å². The largest absolute Gasteiger partial charge is 0.497 e. The van der Waals surface area contributed by atoms with Gasteiger partial charge in [-0.3, -0.25) is 0 Å². The molecule has 0 spiro atoms. The molecule has 3 nitrogen and oxygen atoms in total. The number of rotatable bonds is 8. The molecule has 0 aliphatic heterocycles. The fraction of sp³-hybridized carbons (Fsp3) is 0.667. The summed E-state index contributed by atoms with van der Waals surface area (Å²) in [6.07, 6.45) is 5.40. The molecule has 2 aliphatic carbocycles. The first-order valence-electron chi connectivity index (χ1n) is 8.07. The van der Waals surface area contributed by atoms with Crippen LogP contribution in [-0.4, -0.2) is 33.9 Å². The predicted octanol–water partition coefficient (Wildman–Crippen LogP) is 2.89. The van der Waals surface area contributed by atoms with Crippen molar-refractivity contribution < 1.29 is 9.47 Å². The summed E-state index contributed by atoms with van der Waals surface area (Å²) in [4.78, 5) is 0. The van der Waals surface area contributed by atoms with Gasteiger partial charge in [0.15, 0.2) is 0 Å². The maximum Gasteiger partial charge on any atom is 0.119 e. The monoisotopic (exact) mass is 289 g/mol. The standard InChI is InChI=1S/C18H27NO2/c1-20-7-6-19-13-18(11-15-9-16(15)12-18)10-14-4-3-5-17(8-14)21-2/h3-5,8,15-16,19H,6-7,9-13H2,1-2H3. The van der Waals surface area contributed by atoms with Gasteiger partial charge in [0.25, 0.3) is 0 Å². The number of hydrogen-bond donors (Lipinski definition) is 1. The van der Waals surface area contributed by atoms with E-state index in [9.17, 15) is 0 Å². The number of benzene rings is 1. The first kappa shape index (κ1) is 14.9. The van der Waals surface area contributed by atoms with Gasteiger partial charge in [-0.25, -0.2) is 0 Å². The van der Waals surface area contributed by atoms with E-state index in [0.29, 0.717) is 5.41 Å². The van der Waals surface area contributed by atoms with Crippen LogP contribution in [0.15, 0.2) is 24.3 Å². The van der Waals surface area contributed by atoms with Crippen LogP contribution in [0.3, 0.4) is 0 Å². The van der Waals surface area contributed by atoms with Crippen molar-refractivity contribution in [2.45, 2.75) is 25.7 Å². The molecule has 0 heterocycles. The smallest absolute Gasteiger partial charge is 0.119 e. The van der Waals surface area contributed by atoms with E-state index in [-0.39, 0.29) is 0 Å². The molecule has 1 aromatic carbocycles. The van der Waals surface area contributed by atoms with Crippen LogP contribution in [-0.2, 0) is 11.2 Å². The Labute approximate surface area is 128 Å². The summed E-state index contributed by atoms with van der Waals surface area (Å²) in [5, 5.41) is 3.60. The van der Waals surface area contributed by atoms with Crippen molar-refractivity contribution in [3.8, 4) is 5.75 Å². The molecule has 0 aromatic heterocycles. The average Bonchev–Trinajstić information content (AvgIpc) is 3.12. The Kier molecular flexibility index (Phi) is 4.51. The van der Waals surface area contributed by atoms with Crippen LogP contribution >= 0.6 is 0 Å². The number of ether oxygens (including phenoxy) is 2. The highest BCUT2D eigenvalue weighted by Gasteiger charge is 2.53. The molecular formula is C18H27NO2. The van der Waals surface area contributed by atoms with Crippen molar-refractivity contribution in [2.75, 3.05) is 33.9 Å². The normalized spacial score (nSPS) is 30.2. The molecular weight excluding hydrogens is 262 g/mol. The number of nitrogens with one attached hydrogen (secondary N) is 1. The van der Waals surface area contributed by atoms with Crippen molar-refractivity contribution in [2.24, 2.45) is 17.3 Å². The molecule has 2 atom stereocenters. The van der Waals surface area contributed by atoms with Crippen molar-refractivity contribution in [3.63, 3.8) is 0 Å². The predicted molar refractivity (Wildman–Crippen MR) is 84.7 cm³/mol. The molecule has 0 amide bonds. The summed E-state index contributed by atoms with van der Waals surface area (Å²) in [6, 6.07) is 8.57. The van der Waals surface area contributed by atoms with Crippen molar-refractivity contribution in [1.29, 1.82) is 0 Å². The molecule has 21 heavy (non-hydrogen) atoms. The number of methoxy groups -OCH3 is 2. The van der Waals surface area contributed by atoms with E-state index in [0.717, 1.165) is 43.7 Å². The molecule has 0 bridgehead atoms. The highest BCUT2D eigenvalue weighted by atomic mass is 16.5. The third-order valence-electron chi connectivity index (χ3n) is 5.16. The molecule has 116 valence electrons. The summed E-state index contributed by atoms with van der Waals surface area (Å²) >= 11 is 0. The Morgan fingerprint density at radius 1 is 1.24 bits per heavy atom. The highest BCUT2D eigenvalue weighted by Crippen LogP contribution is 2.60. The molecule has 1 aromatic rings. The van der Waals surface area contributed by atoms with E-state index in [2.05, 4.69) is 23.5 Å². The third-order valence-corrected chi connectivity index (χ3v) is 5.16. The topological polar surface area (TPSA) is 30.5 Å². The summed E-state index contributed by atoms with van der Waals surface area (Å²) in [6.45, 7) is 2.86. The summed E-state index contributed by atoms with van der Waals surface area (Å²) < 4.78 is 10.5. The maximum absolute atomic E-state index is 5.36. The fourth-order valence-corrected chi connectivity index (χ4v) is 4.10. The molecule has 0 radical (unpaired) electrons. The minimum absolute atomic E-state index is 0.438. The number of fused-ring (bicyclic) bond motifs is 1. The minimum Gasteiger partial charge on any atom is -0.497 e. The van der Waals surface area contributed by atoms with Crippen LogP contribution in [0.25, 0.3) is 0 Å². The second-order valence-corrected chi connectivity index (χ2v) is 6.86. The van der Waals surface area contributed by atoms with Crippen LogP contribution in [0.5, 0.6) is 5.75 Å². The van der Waals surface area contributed by atoms with E-state index >= 15 is 0 Å². The van der Waals surface area contributed by atoms with Gasteiger partial charge in [0.05, 0.1) is 13.7 Å². The maximum atomic E-state index is 5.36. The van der Waals surface area contributed by atoms with Gasteiger partial charge in [-0.2, -0.15) is 0 Å². The van der Waals surface area contributed by atoms with Gasteiger partial charge in [-0.1, -0.05) is 12.1 Å². The van der Waals surface area contributed by atoms with Gasteiger partial charge in [0.1, 0.15) is 5.75 Å². The Morgan fingerprint density at radius 3 is 2.76 bits per heavy atom. The lowest BCUT2D eigenvalue weighted by Crippen LogP contribution is -2.36. The van der Waals surface area contributed by atoms with Gasteiger partial charge in [-0.15, -0.1) is 0 Å². The van der Waals surface area contributed by atoms with E-state index in [1.807, 2.05) is 6.07 Å². The lowest BCUT2D eigenvalue weighted by Gasteiger charge is -2.32. The lowest BCUT2D eigenvalue weighted by molar-refractivity contribution is 0.186. The SMILES string of the molecule is COCCNCC1(Cc2cccc(OC)c2)CC2CC2C1. The Bertz CT molecular complexity index is 464. The molecule has 2 unspecified atom stereocenters. The zero-order valence-electron chi connectivity index (χ0n) is 13.2. The number of hydrogen-bond acceptors (Lipinski definition) is 3. The van der Waals surface area contributed by atoms with Gasteiger partial charge >= 0.3 is 0 Å². The van der Waals surface area contributed by atoms with Gasteiger partial charge in [0.2, 0.25) is 0 Å². The van der Waals surface area contributed by atoms with Gasteiger partial charge in [-0.05, 0) is 60.6 Å². The zero-order chi connectivity index (χ0) is 14.7. The first-order valence-corrected chi connectivity index (χ1v) is 8.07. The third kappa shape index (κ3) is 3.58. The zero-order valence-corrected chi connectivity index (χ0v) is 13.2. The van der Waals surface area contributed by atoms with Gasteiger partial charge in [0, 0.05) is 20.2 Å². The first-order chi connectivity index (χ1) is 10.2. The summed E-state index contributed by atoms with van der Waals surface area (Å²) in [5.41, 5.74) is 1.84. The highest BCUT2D eigenvalue weighted by molar-refractivity contribution is 5.29. The van der Waals surface area contributed by atoms with E-state index < -0.39 is 0 Å². The Morgan fingerprint density at radius 2 is 2.05 bits per heavy atom. The van der Waals surface area contributed by atoms with Crippen LogP contribution in [0.4, 0.5) is 0 Å². The lowest BCUT2D eigenvalue weighted by atomic mass is 9.77. The van der Waals surface area contributed by atoms with Crippen LogP contribution < -0.4 is 10.1 Å². The minimum atomic E-state index is 0.438. The summed E-state index contributed by atoms with van der Waals surface area (Å²) in [7, 11) is 3.50. The second kappa shape index (κ2) is 6.37. The average molecular weight is 289 g/mol. The van der Waals surface area contributed by atoms with Crippen molar-refractivity contribution in [1.82, 2.24) is 5.32 Å². The molecule has 3 rings (SSSR count). The van der Waals surface area contributed by atoms with E-state index in [1.165, 1.54) is 24.8 Å². The van der Waals surface area contributed by atoms with Crippen LogP contribution in [0.1, 0.15) is 24.8 Å². The van der Waals surface area contributed by atoms with E-state index in [4.69, 9.17) is 9.47 Å². The Hall–Kier alpha value is -1.06. The van der Waals surface area contributed by atoms with Crippen molar-refractivity contribution >= 4 is 0 Å². The molecule has 0 saturated heterocycles. The Balaban J connectivity index is 1.64. The molecule has 2 saturated carbocycles. The molecule has 3 heteroatoms. The van der Waals surface area contributed by atoms with Crippen molar-refractivity contribution in [3.05, 3.63) is 29.8 Å². The second-order valence-electron chi connectivity index (χ2n) is 6.86. The molecule has 2 aliphatic rings. The van der Waals surface area contributed by atoms with E-state index in [1.54, 1.807) is 14.2 Å².